The quantitative estimate of drug-likeness (QED) is 0.625. The number of likely N-dealkylation sites (N-methyl/N-ethyl adjacent to an activating group) is 1. The van der Waals surface area contributed by atoms with Gasteiger partial charge in [0, 0.05) is 13.7 Å². The average molecular weight is 242 g/mol. The fourth-order valence-corrected chi connectivity index (χ4v) is 1.70. The van der Waals surface area contributed by atoms with Gasteiger partial charge >= 0.3 is 0 Å². The molecule has 0 aliphatic rings. The normalized spacial score (nSPS) is 13.7. The summed E-state index contributed by atoms with van der Waals surface area (Å²) in [5.41, 5.74) is -0.214. The molecule has 0 rings (SSSR count). The molecule has 0 radical (unpaired) electrons. The minimum absolute atomic E-state index is 0.214. The molecule has 1 atom stereocenters. The number of nitriles is 1. The summed E-state index contributed by atoms with van der Waals surface area (Å²) in [6.45, 7) is 5.90. The van der Waals surface area contributed by atoms with E-state index in [-0.39, 0.29) is 5.41 Å². The summed E-state index contributed by atoms with van der Waals surface area (Å²) in [5, 5.41) is 18.4. The molecule has 0 aromatic carbocycles. The number of nitrogens with zero attached hydrogens (tertiary/aromatic N) is 2. The maximum Gasteiger partial charge on any atom is 0.0899 e. The van der Waals surface area contributed by atoms with Crippen LogP contribution in [-0.2, 0) is 4.74 Å². The molecule has 1 unspecified atom stereocenters. The second kappa shape index (κ2) is 8.46. The van der Waals surface area contributed by atoms with Crippen LogP contribution in [0.1, 0.15) is 33.1 Å². The largest absolute Gasteiger partial charge is 0.389 e. The van der Waals surface area contributed by atoms with Crippen molar-refractivity contribution in [2.45, 2.75) is 39.2 Å². The van der Waals surface area contributed by atoms with Crippen LogP contribution >= 0.6 is 0 Å². The molecule has 0 bridgehead atoms. The average Bonchev–Trinajstić information content (AvgIpc) is 2.25. The summed E-state index contributed by atoms with van der Waals surface area (Å²) >= 11 is 0. The van der Waals surface area contributed by atoms with Crippen molar-refractivity contribution >= 4 is 0 Å². The molecule has 0 saturated carbocycles. The maximum atomic E-state index is 9.53. The molecule has 0 saturated heterocycles. The zero-order valence-corrected chi connectivity index (χ0v) is 11.6. The molecule has 100 valence electrons. The van der Waals surface area contributed by atoms with Crippen molar-refractivity contribution in [3.05, 3.63) is 0 Å². The Kier molecular flexibility index (Phi) is 8.15. The molecule has 0 aromatic rings. The first kappa shape index (κ1) is 16.4. The Balaban J connectivity index is 3.59. The van der Waals surface area contributed by atoms with Crippen LogP contribution < -0.4 is 0 Å². The SMILES string of the molecule is COCC(O)CN(C)CCCCC(C)(C)C#N. The first-order valence-corrected chi connectivity index (χ1v) is 6.18. The van der Waals surface area contributed by atoms with Gasteiger partial charge in [-0.1, -0.05) is 6.42 Å². The third kappa shape index (κ3) is 9.11. The Labute approximate surface area is 105 Å². The number of aliphatic hydroxyl groups excluding tert-OH is 1. The van der Waals surface area contributed by atoms with E-state index in [4.69, 9.17) is 10.00 Å². The monoisotopic (exact) mass is 242 g/mol. The Bertz CT molecular complexity index is 236. The van der Waals surface area contributed by atoms with Gasteiger partial charge in [-0.05, 0) is 40.3 Å². The van der Waals surface area contributed by atoms with Gasteiger partial charge in [0.25, 0.3) is 0 Å². The Morgan fingerprint density at radius 2 is 2.06 bits per heavy atom. The zero-order chi connectivity index (χ0) is 13.3. The second-order valence-electron chi connectivity index (χ2n) is 5.32. The molecule has 0 spiro atoms. The highest BCUT2D eigenvalue weighted by Gasteiger charge is 2.15. The van der Waals surface area contributed by atoms with Gasteiger partial charge in [-0.25, -0.2) is 0 Å². The van der Waals surface area contributed by atoms with Gasteiger partial charge < -0.3 is 14.7 Å². The van der Waals surface area contributed by atoms with Gasteiger partial charge in [-0.15, -0.1) is 0 Å². The number of hydrogen-bond acceptors (Lipinski definition) is 4. The first-order chi connectivity index (χ1) is 7.91. The predicted octanol–water partition coefficient (Wildman–Crippen LogP) is 1.65. The van der Waals surface area contributed by atoms with E-state index < -0.39 is 6.10 Å². The smallest absolute Gasteiger partial charge is 0.0899 e. The van der Waals surface area contributed by atoms with Crippen molar-refractivity contribution in [1.29, 1.82) is 5.26 Å². The van der Waals surface area contributed by atoms with E-state index in [2.05, 4.69) is 11.0 Å². The number of unbranched alkanes of at least 4 members (excludes halogenated alkanes) is 1. The van der Waals surface area contributed by atoms with E-state index in [0.29, 0.717) is 13.2 Å². The molecule has 0 aliphatic heterocycles. The van der Waals surface area contributed by atoms with Crippen molar-refractivity contribution in [2.24, 2.45) is 5.41 Å². The van der Waals surface area contributed by atoms with Gasteiger partial charge in [0.1, 0.15) is 0 Å². The number of ether oxygens (including phenoxy) is 1. The lowest BCUT2D eigenvalue weighted by atomic mass is 9.89. The minimum Gasteiger partial charge on any atom is -0.389 e. The van der Waals surface area contributed by atoms with Gasteiger partial charge in [0.05, 0.1) is 24.2 Å². The lowest BCUT2D eigenvalue weighted by Gasteiger charge is -2.21. The predicted molar refractivity (Wildman–Crippen MR) is 68.6 cm³/mol. The molecule has 1 N–H and O–H groups in total. The fraction of sp³-hybridized carbons (Fsp3) is 0.923. The highest BCUT2D eigenvalue weighted by atomic mass is 16.5. The van der Waals surface area contributed by atoms with Crippen molar-refractivity contribution in [2.75, 3.05) is 33.9 Å². The highest BCUT2D eigenvalue weighted by molar-refractivity contribution is 4.91. The fourth-order valence-electron chi connectivity index (χ4n) is 1.70. The molecule has 0 aromatic heterocycles. The standard InChI is InChI=1S/C13H26N2O2/c1-13(2,11-14)7-5-6-8-15(3)9-12(16)10-17-4/h12,16H,5-10H2,1-4H3. The van der Waals surface area contributed by atoms with Crippen LogP contribution in [0.2, 0.25) is 0 Å². The molecule has 4 nitrogen and oxygen atoms in total. The molecule has 0 fully saturated rings. The van der Waals surface area contributed by atoms with Crippen molar-refractivity contribution in [1.82, 2.24) is 4.90 Å². The van der Waals surface area contributed by atoms with E-state index >= 15 is 0 Å². The van der Waals surface area contributed by atoms with Crippen LogP contribution in [0.25, 0.3) is 0 Å². The van der Waals surface area contributed by atoms with Crippen molar-refractivity contribution < 1.29 is 9.84 Å². The minimum atomic E-state index is -0.416. The highest BCUT2D eigenvalue weighted by Crippen LogP contribution is 2.21. The lowest BCUT2D eigenvalue weighted by molar-refractivity contribution is 0.0429. The van der Waals surface area contributed by atoms with Crippen LogP contribution in [-0.4, -0.2) is 50.0 Å². The second-order valence-corrected chi connectivity index (χ2v) is 5.32. The van der Waals surface area contributed by atoms with Crippen molar-refractivity contribution in [3.8, 4) is 6.07 Å². The van der Waals surface area contributed by atoms with E-state index in [1.165, 1.54) is 0 Å². The summed E-state index contributed by atoms with van der Waals surface area (Å²) in [5.74, 6) is 0. The molecular formula is C13H26N2O2. The summed E-state index contributed by atoms with van der Waals surface area (Å²) < 4.78 is 4.88. The molecule has 17 heavy (non-hydrogen) atoms. The number of rotatable bonds is 9. The van der Waals surface area contributed by atoms with Gasteiger partial charge in [0.2, 0.25) is 0 Å². The molecule has 4 heteroatoms. The third-order valence-electron chi connectivity index (χ3n) is 2.78. The van der Waals surface area contributed by atoms with E-state index in [0.717, 1.165) is 25.8 Å². The first-order valence-electron chi connectivity index (χ1n) is 6.18. The van der Waals surface area contributed by atoms with Crippen molar-refractivity contribution in [3.63, 3.8) is 0 Å². The van der Waals surface area contributed by atoms with Crippen LogP contribution in [0.3, 0.4) is 0 Å². The Morgan fingerprint density at radius 1 is 1.41 bits per heavy atom. The van der Waals surface area contributed by atoms with Gasteiger partial charge in [0.15, 0.2) is 0 Å². The van der Waals surface area contributed by atoms with E-state index in [9.17, 15) is 5.11 Å². The molecule has 0 aliphatic carbocycles. The van der Waals surface area contributed by atoms with Crippen LogP contribution in [0, 0.1) is 16.7 Å². The topological polar surface area (TPSA) is 56.5 Å². The number of hydrogen-bond donors (Lipinski definition) is 1. The molecule has 0 amide bonds. The van der Waals surface area contributed by atoms with Gasteiger partial charge in [-0.2, -0.15) is 5.26 Å². The summed E-state index contributed by atoms with van der Waals surface area (Å²) in [7, 11) is 3.58. The zero-order valence-electron chi connectivity index (χ0n) is 11.6. The maximum absolute atomic E-state index is 9.53. The summed E-state index contributed by atoms with van der Waals surface area (Å²) in [4.78, 5) is 2.10. The summed E-state index contributed by atoms with van der Waals surface area (Å²) in [6.07, 6.45) is 2.62. The Hall–Kier alpha value is -0.630. The molecular weight excluding hydrogens is 216 g/mol. The molecule has 0 heterocycles. The summed E-state index contributed by atoms with van der Waals surface area (Å²) in [6, 6.07) is 2.31. The van der Waals surface area contributed by atoms with Crippen LogP contribution in [0.4, 0.5) is 0 Å². The van der Waals surface area contributed by atoms with Crippen LogP contribution in [0.5, 0.6) is 0 Å². The lowest BCUT2D eigenvalue weighted by Crippen LogP contribution is -2.32. The van der Waals surface area contributed by atoms with E-state index in [1.54, 1.807) is 7.11 Å². The van der Waals surface area contributed by atoms with Crippen LogP contribution in [0.15, 0.2) is 0 Å². The van der Waals surface area contributed by atoms with E-state index in [1.807, 2.05) is 20.9 Å². The Morgan fingerprint density at radius 3 is 2.59 bits per heavy atom. The number of methoxy groups -OCH3 is 1. The van der Waals surface area contributed by atoms with Gasteiger partial charge in [-0.3, -0.25) is 0 Å². The number of aliphatic hydroxyl groups is 1. The third-order valence-corrected chi connectivity index (χ3v) is 2.78.